The summed E-state index contributed by atoms with van der Waals surface area (Å²) in [5.41, 5.74) is 0. The molecule has 3 fully saturated rings. The second-order valence-corrected chi connectivity index (χ2v) is 16.4. The molecule has 3 heterocycles. The SMILES string of the molecule is CC(=O)N[C@H]1[C@H](OC[C@@H](O)[C@H](O)[C@H](O[C@@H]2O[C@H](COS(=O)(=O)O)[C@@H](O)[C@H](O)[C@H]2NC(C)=O)[C@H](CO)NC(C)=O)O[C@H](CO)[C@@H](O[C@@H]2O[C@H](COS(=O)(=O)O)[C@H](O)[C@H](O)[C@H]2O)[C@@H]1O. The first-order valence-corrected chi connectivity index (χ1v) is 21.0. The predicted octanol–water partition coefficient (Wildman–Crippen LogP) is -10.0. The lowest BCUT2D eigenvalue weighted by atomic mass is 9.95. The molecule has 0 spiro atoms. The van der Waals surface area contributed by atoms with E-state index >= 15 is 0 Å². The summed E-state index contributed by atoms with van der Waals surface area (Å²) in [6, 6.07) is -5.11. The summed E-state index contributed by atoms with van der Waals surface area (Å²) in [4.78, 5) is 36.3. The van der Waals surface area contributed by atoms with Crippen LogP contribution in [0.4, 0.5) is 0 Å². The van der Waals surface area contributed by atoms with Gasteiger partial charge in [-0.3, -0.25) is 23.5 Å². The molecule has 30 nitrogen and oxygen atoms in total. The summed E-state index contributed by atoms with van der Waals surface area (Å²) in [6.45, 7) is -2.42. The smallest absolute Gasteiger partial charge is 0.394 e. The van der Waals surface area contributed by atoms with Crippen molar-refractivity contribution in [2.24, 2.45) is 0 Å². The highest BCUT2D eigenvalue weighted by molar-refractivity contribution is 7.81. The van der Waals surface area contributed by atoms with Crippen LogP contribution in [-0.4, -0.2) is 244 Å². The van der Waals surface area contributed by atoms with Gasteiger partial charge in [-0.25, -0.2) is 8.37 Å². The molecule has 3 rings (SSSR count). The molecule has 0 bridgehead atoms. The minimum Gasteiger partial charge on any atom is -0.394 e. The third-order valence-corrected chi connectivity index (χ3v) is 10.3. The highest BCUT2D eigenvalue weighted by Crippen LogP contribution is 2.31. The molecule has 3 aliphatic rings. The van der Waals surface area contributed by atoms with Gasteiger partial charge in [-0.2, -0.15) is 16.8 Å². The zero-order chi connectivity index (χ0) is 47.0. The Morgan fingerprint density at radius 2 is 1.13 bits per heavy atom. The van der Waals surface area contributed by atoms with Gasteiger partial charge in [0.25, 0.3) is 0 Å². The lowest BCUT2D eigenvalue weighted by Crippen LogP contribution is -2.68. The van der Waals surface area contributed by atoms with Crippen molar-refractivity contribution < 1.29 is 128 Å². The van der Waals surface area contributed by atoms with Crippen molar-refractivity contribution in [2.75, 3.05) is 33.0 Å². The van der Waals surface area contributed by atoms with E-state index in [0.29, 0.717) is 0 Å². The minimum absolute atomic E-state index is 0.832. The number of amides is 3. The summed E-state index contributed by atoms with van der Waals surface area (Å²) in [7, 11) is -10.2. The Bertz CT molecular complexity index is 1700. The van der Waals surface area contributed by atoms with Gasteiger partial charge in [0.1, 0.15) is 91.4 Å². The predicted molar refractivity (Wildman–Crippen MR) is 192 cm³/mol. The third-order valence-electron chi connectivity index (χ3n) is 9.45. The van der Waals surface area contributed by atoms with E-state index in [1.54, 1.807) is 0 Å². The van der Waals surface area contributed by atoms with Gasteiger partial charge in [-0.05, 0) is 0 Å². The summed E-state index contributed by atoms with van der Waals surface area (Å²) in [6.07, 6.45) is -31.8. The number of nitrogens with one attached hydrogen (secondary N) is 3. The summed E-state index contributed by atoms with van der Waals surface area (Å²) in [5.74, 6) is -2.52. The van der Waals surface area contributed by atoms with Crippen molar-refractivity contribution in [3.8, 4) is 0 Å². The van der Waals surface area contributed by atoms with Crippen molar-refractivity contribution in [3.05, 3.63) is 0 Å². The number of hydrogen-bond acceptors (Lipinski definition) is 25. The van der Waals surface area contributed by atoms with Crippen LogP contribution in [0.3, 0.4) is 0 Å². The average molecular weight is 952 g/mol. The van der Waals surface area contributed by atoms with Crippen LogP contribution in [0.2, 0.25) is 0 Å². The highest BCUT2D eigenvalue weighted by Gasteiger charge is 2.53. The normalized spacial score (nSPS) is 36.5. The Morgan fingerprint density at radius 3 is 1.60 bits per heavy atom. The van der Waals surface area contributed by atoms with Crippen LogP contribution in [0.5, 0.6) is 0 Å². The quantitative estimate of drug-likeness (QED) is 0.0475. The minimum atomic E-state index is -5.13. The zero-order valence-electron chi connectivity index (χ0n) is 32.8. The number of aliphatic hydroxyl groups is 10. The first-order valence-electron chi connectivity index (χ1n) is 18.3. The van der Waals surface area contributed by atoms with Gasteiger partial charge in [0.2, 0.25) is 17.7 Å². The molecule has 15 N–H and O–H groups in total. The molecule has 0 unspecified atom stereocenters. The topological polar surface area (TPSA) is 472 Å². The Hall–Kier alpha value is -2.49. The van der Waals surface area contributed by atoms with E-state index in [0.717, 1.165) is 20.8 Å². The van der Waals surface area contributed by atoms with Gasteiger partial charge in [0, 0.05) is 20.8 Å². The van der Waals surface area contributed by atoms with E-state index in [-0.39, 0.29) is 0 Å². The molecule has 0 aromatic carbocycles. The van der Waals surface area contributed by atoms with E-state index in [4.69, 9.17) is 37.5 Å². The molecule has 3 amide bonds. The third kappa shape index (κ3) is 15.0. The molecule has 32 heteroatoms. The Kier molecular flexibility index (Phi) is 20.1. The Morgan fingerprint density at radius 1 is 0.645 bits per heavy atom. The lowest BCUT2D eigenvalue weighted by molar-refractivity contribution is -0.349. The monoisotopic (exact) mass is 951 g/mol. The Labute approximate surface area is 352 Å². The number of hydrogen-bond donors (Lipinski definition) is 15. The van der Waals surface area contributed by atoms with Crippen LogP contribution in [0.15, 0.2) is 0 Å². The summed E-state index contributed by atoms with van der Waals surface area (Å²) in [5, 5.41) is 114. The molecule has 3 saturated heterocycles. The van der Waals surface area contributed by atoms with Crippen LogP contribution >= 0.6 is 0 Å². The molecule has 62 heavy (non-hydrogen) atoms. The maximum absolute atomic E-state index is 12.2. The summed E-state index contributed by atoms with van der Waals surface area (Å²) < 4.78 is 104. The maximum atomic E-state index is 12.2. The fourth-order valence-electron chi connectivity index (χ4n) is 6.54. The molecule has 0 aromatic heterocycles. The van der Waals surface area contributed by atoms with Gasteiger partial charge in [0.15, 0.2) is 18.9 Å². The number of aliphatic hydroxyl groups excluding tert-OH is 10. The van der Waals surface area contributed by atoms with Gasteiger partial charge in [-0.15, -0.1) is 0 Å². The molecule has 0 radical (unpaired) electrons. The van der Waals surface area contributed by atoms with Gasteiger partial charge < -0.3 is 95.4 Å². The highest BCUT2D eigenvalue weighted by atomic mass is 32.3. The first-order chi connectivity index (χ1) is 28.7. The van der Waals surface area contributed by atoms with Gasteiger partial charge >= 0.3 is 20.8 Å². The molecule has 3 aliphatic heterocycles. The van der Waals surface area contributed by atoms with Crippen molar-refractivity contribution in [2.45, 2.75) is 137 Å². The van der Waals surface area contributed by atoms with Crippen molar-refractivity contribution in [3.63, 3.8) is 0 Å². The van der Waals surface area contributed by atoms with Crippen LogP contribution in [0.1, 0.15) is 20.8 Å². The number of rotatable bonds is 21. The second kappa shape index (κ2) is 23.1. The molecule has 0 saturated carbocycles. The van der Waals surface area contributed by atoms with Crippen LogP contribution in [-0.2, 0) is 72.0 Å². The number of carbonyl (C=O) groups excluding carboxylic acids is 3. The van der Waals surface area contributed by atoms with E-state index in [1.165, 1.54) is 0 Å². The molecule has 362 valence electrons. The van der Waals surface area contributed by atoms with Crippen LogP contribution < -0.4 is 16.0 Å². The zero-order valence-corrected chi connectivity index (χ0v) is 34.4. The maximum Gasteiger partial charge on any atom is 0.397 e. The molecule has 0 aromatic rings. The molecule has 0 aliphatic carbocycles. The molecule has 19 atom stereocenters. The lowest BCUT2D eigenvalue weighted by Gasteiger charge is -2.47. The Balaban J connectivity index is 1.87. The van der Waals surface area contributed by atoms with Crippen molar-refractivity contribution >= 4 is 38.5 Å². The van der Waals surface area contributed by atoms with Crippen LogP contribution in [0.25, 0.3) is 0 Å². The average Bonchev–Trinajstić information content (AvgIpc) is 3.17. The van der Waals surface area contributed by atoms with Crippen molar-refractivity contribution in [1.29, 1.82) is 0 Å². The first kappa shape index (κ1) is 53.8. The number of ether oxygens (including phenoxy) is 6. The van der Waals surface area contributed by atoms with Crippen molar-refractivity contribution in [1.82, 2.24) is 16.0 Å². The fourth-order valence-corrected chi connectivity index (χ4v) is 7.15. The second-order valence-electron chi connectivity index (χ2n) is 14.2. The van der Waals surface area contributed by atoms with Gasteiger partial charge in [0.05, 0.1) is 39.1 Å². The molecular weight excluding hydrogens is 898 g/mol. The molecular formula is C30H53N3O27S2. The van der Waals surface area contributed by atoms with E-state index in [1.807, 2.05) is 0 Å². The van der Waals surface area contributed by atoms with Crippen LogP contribution in [0, 0.1) is 0 Å². The van der Waals surface area contributed by atoms with E-state index in [9.17, 15) is 82.3 Å². The fraction of sp³-hybridized carbons (Fsp3) is 0.900. The number of carbonyl (C=O) groups is 3. The van der Waals surface area contributed by atoms with Gasteiger partial charge in [-0.1, -0.05) is 0 Å². The largest absolute Gasteiger partial charge is 0.397 e. The van der Waals surface area contributed by atoms with E-state index < -0.39 is 188 Å². The van der Waals surface area contributed by atoms with E-state index in [2.05, 4.69) is 24.3 Å². The summed E-state index contributed by atoms with van der Waals surface area (Å²) >= 11 is 0. The standard InChI is InChI=1S/C30H53N3O27S2/c1-9(36)31-12(4-34)26(59-29-17(32-10(2)37)22(43)20(41)15(57-29)7-54-61(47,48)49)19(40)13(39)6-53-28-18(33-11(3)38)23(44)27(14(5-35)56-28)60-30-25(46)24(45)21(42)16(58-30)8-55-62(50,51)52/h12-30,34-35,39-46H,4-8H2,1-3H3,(H,31,36)(H,32,37)(H,33,38)(H,47,48,49)(H,50,51,52)/t12-,13+,14+,15+,16+,17+,18+,19-,20+,21-,22+,23+,24-,25+,26+,27+,28+,29-,30-/m0/s1.